The van der Waals surface area contributed by atoms with Gasteiger partial charge in [-0.25, -0.2) is 4.98 Å². The molecule has 0 atom stereocenters. The molecule has 17 heavy (non-hydrogen) atoms. The number of aromatic nitrogens is 1. The minimum absolute atomic E-state index is 0.0147. The van der Waals surface area contributed by atoms with Crippen LogP contribution in [0.3, 0.4) is 0 Å². The maximum atomic E-state index is 11.5. The van der Waals surface area contributed by atoms with E-state index < -0.39 is 0 Å². The number of amides is 1. The van der Waals surface area contributed by atoms with Gasteiger partial charge < -0.3 is 15.1 Å². The summed E-state index contributed by atoms with van der Waals surface area (Å²) in [5, 5.41) is 5.91. The normalized spacial score (nSPS) is 14.9. The second-order valence-corrected chi connectivity index (χ2v) is 4.60. The predicted octanol–water partition coefficient (Wildman–Crippen LogP) is 0.907. The zero-order valence-electron chi connectivity index (χ0n) is 10.4. The minimum atomic E-state index is -0.0147. The van der Waals surface area contributed by atoms with Crippen molar-refractivity contribution in [3.8, 4) is 0 Å². The Hall–Kier alpha value is -1.36. The maximum absolute atomic E-state index is 11.5. The Morgan fingerprint density at radius 1 is 1.47 bits per heavy atom. The van der Waals surface area contributed by atoms with Gasteiger partial charge in [0.2, 0.25) is 11.8 Å². The molecule has 1 aromatic rings. The summed E-state index contributed by atoms with van der Waals surface area (Å²) in [5.74, 6) is 2.15. The van der Waals surface area contributed by atoms with Crippen LogP contribution < -0.4 is 10.6 Å². The Labute approximate surface area is 101 Å². The summed E-state index contributed by atoms with van der Waals surface area (Å²) in [6.45, 7) is 5.44. The Bertz CT molecular complexity index is 377. The molecule has 1 aliphatic rings. The van der Waals surface area contributed by atoms with E-state index in [-0.39, 0.29) is 5.91 Å². The van der Waals surface area contributed by atoms with Crippen LogP contribution >= 0.6 is 0 Å². The second-order valence-electron chi connectivity index (χ2n) is 4.60. The SMILES string of the molecule is Cc1nc(CNC(=O)CNCC2CC2)oc1C. The number of nitrogens with one attached hydrogen (secondary N) is 2. The minimum Gasteiger partial charge on any atom is -0.444 e. The van der Waals surface area contributed by atoms with Crippen molar-refractivity contribution in [2.75, 3.05) is 13.1 Å². The fourth-order valence-electron chi connectivity index (χ4n) is 1.56. The van der Waals surface area contributed by atoms with Crippen molar-refractivity contribution < 1.29 is 9.21 Å². The van der Waals surface area contributed by atoms with E-state index in [9.17, 15) is 4.79 Å². The van der Waals surface area contributed by atoms with E-state index in [0.29, 0.717) is 19.0 Å². The van der Waals surface area contributed by atoms with Gasteiger partial charge in [0.15, 0.2) is 0 Å². The number of nitrogens with zero attached hydrogens (tertiary/aromatic N) is 1. The molecule has 1 aromatic heterocycles. The van der Waals surface area contributed by atoms with Crippen molar-refractivity contribution in [3.05, 3.63) is 17.3 Å². The second kappa shape index (κ2) is 5.31. The van der Waals surface area contributed by atoms with E-state index in [1.807, 2.05) is 13.8 Å². The van der Waals surface area contributed by atoms with Crippen molar-refractivity contribution in [2.45, 2.75) is 33.2 Å². The van der Waals surface area contributed by atoms with E-state index in [1.165, 1.54) is 12.8 Å². The molecule has 5 nitrogen and oxygen atoms in total. The van der Waals surface area contributed by atoms with E-state index in [4.69, 9.17) is 4.42 Å². The zero-order chi connectivity index (χ0) is 12.3. The maximum Gasteiger partial charge on any atom is 0.234 e. The highest BCUT2D eigenvalue weighted by Crippen LogP contribution is 2.27. The van der Waals surface area contributed by atoms with E-state index in [1.54, 1.807) is 0 Å². The third-order valence-electron chi connectivity index (χ3n) is 2.93. The molecule has 1 heterocycles. The van der Waals surface area contributed by atoms with Gasteiger partial charge in [-0.1, -0.05) is 0 Å². The van der Waals surface area contributed by atoms with Gasteiger partial charge in [-0.3, -0.25) is 4.79 Å². The Balaban J connectivity index is 1.64. The molecule has 1 saturated carbocycles. The Kier molecular flexibility index (Phi) is 3.78. The lowest BCUT2D eigenvalue weighted by Crippen LogP contribution is -2.34. The largest absolute Gasteiger partial charge is 0.444 e. The summed E-state index contributed by atoms with van der Waals surface area (Å²) in [7, 11) is 0. The van der Waals surface area contributed by atoms with E-state index in [0.717, 1.165) is 23.9 Å². The van der Waals surface area contributed by atoms with Crippen molar-refractivity contribution in [1.29, 1.82) is 0 Å². The zero-order valence-corrected chi connectivity index (χ0v) is 10.4. The monoisotopic (exact) mass is 237 g/mol. The van der Waals surface area contributed by atoms with Crippen molar-refractivity contribution in [1.82, 2.24) is 15.6 Å². The molecule has 1 amide bonds. The number of hydrogen-bond acceptors (Lipinski definition) is 4. The molecule has 2 N–H and O–H groups in total. The van der Waals surface area contributed by atoms with Crippen molar-refractivity contribution >= 4 is 5.91 Å². The van der Waals surface area contributed by atoms with Gasteiger partial charge in [0.1, 0.15) is 5.76 Å². The van der Waals surface area contributed by atoms with Gasteiger partial charge in [0, 0.05) is 0 Å². The van der Waals surface area contributed by atoms with Crippen LogP contribution in [0.25, 0.3) is 0 Å². The van der Waals surface area contributed by atoms with Crippen LogP contribution in [-0.4, -0.2) is 24.0 Å². The van der Waals surface area contributed by atoms with Gasteiger partial charge in [0.05, 0.1) is 18.8 Å². The number of rotatable bonds is 6. The third-order valence-corrected chi connectivity index (χ3v) is 2.93. The van der Waals surface area contributed by atoms with Crippen molar-refractivity contribution in [2.24, 2.45) is 5.92 Å². The predicted molar refractivity (Wildman–Crippen MR) is 63.4 cm³/mol. The summed E-state index contributed by atoms with van der Waals surface area (Å²) in [4.78, 5) is 15.7. The molecule has 2 rings (SSSR count). The van der Waals surface area contributed by atoms with Crippen LogP contribution in [0.15, 0.2) is 4.42 Å². The highest BCUT2D eigenvalue weighted by Gasteiger charge is 2.20. The lowest BCUT2D eigenvalue weighted by Gasteiger charge is -2.04. The van der Waals surface area contributed by atoms with E-state index >= 15 is 0 Å². The van der Waals surface area contributed by atoms with Gasteiger partial charge in [-0.05, 0) is 39.2 Å². The van der Waals surface area contributed by atoms with Crippen molar-refractivity contribution in [3.63, 3.8) is 0 Å². The first-order valence-corrected chi connectivity index (χ1v) is 6.05. The molecular formula is C12H19N3O2. The molecule has 94 valence electrons. The number of carbonyl (C=O) groups is 1. The molecule has 0 aromatic carbocycles. The average Bonchev–Trinajstić information content (AvgIpc) is 3.04. The summed E-state index contributed by atoms with van der Waals surface area (Å²) in [6, 6.07) is 0. The van der Waals surface area contributed by atoms with Crippen LogP contribution in [0.1, 0.15) is 30.2 Å². The number of carbonyl (C=O) groups excluding carboxylic acids is 1. The lowest BCUT2D eigenvalue weighted by atomic mass is 10.4. The molecule has 1 fully saturated rings. The first kappa shape index (κ1) is 12.1. The van der Waals surface area contributed by atoms with Crippen LogP contribution in [-0.2, 0) is 11.3 Å². The average molecular weight is 237 g/mol. The molecule has 0 aliphatic heterocycles. The highest BCUT2D eigenvalue weighted by molar-refractivity contribution is 5.77. The molecule has 1 aliphatic carbocycles. The topological polar surface area (TPSA) is 67.2 Å². The summed E-state index contributed by atoms with van der Waals surface area (Å²) in [5.41, 5.74) is 0.876. The molecule has 0 spiro atoms. The van der Waals surface area contributed by atoms with Crippen LogP contribution in [0.4, 0.5) is 0 Å². The third kappa shape index (κ3) is 3.85. The lowest BCUT2D eigenvalue weighted by molar-refractivity contribution is -0.120. The molecular weight excluding hydrogens is 218 g/mol. The van der Waals surface area contributed by atoms with Crippen LogP contribution in [0, 0.1) is 19.8 Å². The summed E-state index contributed by atoms with van der Waals surface area (Å²) >= 11 is 0. The summed E-state index contributed by atoms with van der Waals surface area (Å²) in [6.07, 6.45) is 2.59. The van der Waals surface area contributed by atoms with Crippen LogP contribution in [0.2, 0.25) is 0 Å². The smallest absolute Gasteiger partial charge is 0.234 e. The number of hydrogen-bond donors (Lipinski definition) is 2. The van der Waals surface area contributed by atoms with Crippen LogP contribution in [0.5, 0.6) is 0 Å². The first-order chi connectivity index (χ1) is 8.15. The fraction of sp³-hybridized carbons (Fsp3) is 0.667. The fourth-order valence-corrected chi connectivity index (χ4v) is 1.56. The summed E-state index contributed by atoms with van der Waals surface area (Å²) < 4.78 is 5.37. The number of oxazole rings is 1. The Morgan fingerprint density at radius 3 is 2.82 bits per heavy atom. The van der Waals surface area contributed by atoms with Gasteiger partial charge in [0.25, 0.3) is 0 Å². The Morgan fingerprint density at radius 2 is 2.24 bits per heavy atom. The molecule has 0 saturated heterocycles. The standard InChI is InChI=1S/C12H19N3O2/c1-8-9(2)17-12(15-8)7-14-11(16)6-13-5-10-3-4-10/h10,13H,3-7H2,1-2H3,(H,14,16). The molecule has 0 bridgehead atoms. The van der Waals surface area contributed by atoms with E-state index in [2.05, 4.69) is 15.6 Å². The molecule has 0 radical (unpaired) electrons. The van der Waals surface area contributed by atoms with Gasteiger partial charge in [-0.2, -0.15) is 0 Å². The molecule has 0 unspecified atom stereocenters. The molecule has 5 heteroatoms. The van der Waals surface area contributed by atoms with Gasteiger partial charge in [-0.15, -0.1) is 0 Å². The van der Waals surface area contributed by atoms with Gasteiger partial charge >= 0.3 is 0 Å². The first-order valence-electron chi connectivity index (χ1n) is 6.05. The quantitative estimate of drug-likeness (QED) is 0.771. The number of aryl methyl sites for hydroxylation is 2. The highest BCUT2D eigenvalue weighted by atomic mass is 16.4.